The molecule has 1 amide bonds. The molecule has 0 fully saturated rings. The zero-order valence-electron chi connectivity index (χ0n) is 13.2. The Morgan fingerprint density at radius 1 is 1.08 bits per heavy atom. The fourth-order valence-corrected chi connectivity index (χ4v) is 2.33. The summed E-state index contributed by atoms with van der Waals surface area (Å²) in [6.45, 7) is 0. The van der Waals surface area contributed by atoms with E-state index in [1.54, 1.807) is 54.6 Å². The molecule has 2 aromatic rings. The van der Waals surface area contributed by atoms with E-state index >= 15 is 0 Å². The average Bonchev–Trinajstić information content (AvgIpc) is 2.61. The van der Waals surface area contributed by atoms with Gasteiger partial charge in [-0.25, -0.2) is 4.79 Å². The van der Waals surface area contributed by atoms with E-state index in [0.29, 0.717) is 16.9 Å². The molecule has 0 spiro atoms. The van der Waals surface area contributed by atoms with E-state index in [-0.39, 0.29) is 6.42 Å². The van der Waals surface area contributed by atoms with Crippen molar-refractivity contribution in [2.75, 3.05) is 7.11 Å². The maximum absolute atomic E-state index is 12.1. The smallest absolute Gasteiger partial charge is 0.326 e. The first-order valence-corrected chi connectivity index (χ1v) is 7.41. The SMILES string of the molecule is COc1ccccc1C[C@H](NC(=O)[C@@H](O)c1ccccc1)C(=O)O. The lowest BCUT2D eigenvalue weighted by molar-refractivity contribution is -0.143. The van der Waals surface area contributed by atoms with Crippen molar-refractivity contribution < 1.29 is 24.5 Å². The molecule has 0 aliphatic heterocycles. The summed E-state index contributed by atoms with van der Waals surface area (Å²) in [4.78, 5) is 23.6. The normalized spacial score (nSPS) is 12.9. The number of amides is 1. The lowest BCUT2D eigenvalue weighted by Crippen LogP contribution is -2.44. The third kappa shape index (κ3) is 4.33. The Morgan fingerprint density at radius 3 is 2.33 bits per heavy atom. The van der Waals surface area contributed by atoms with E-state index in [9.17, 15) is 19.8 Å². The summed E-state index contributed by atoms with van der Waals surface area (Å²) in [6.07, 6.45) is -1.38. The van der Waals surface area contributed by atoms with Crippen LogP contribution in [0.2, 0.25) is 0 Å². The van der Waals surface area contributed by atoms with Crippen molar-refractivity contribution >= 4 is 11.9 Å². The second-order valence-corrected chi connectivity index (χ2v) is 5.23. The van der Waals surface area contributed by atoms with E-state index in [1.165, 1.54) is 7.11 Å². The summed E-state index contributed by atoms with van der Waals surface area (Å²) in [6, 6.07) is 14.1. The molecule has 2 aromatic carbocycles. The lowest BCUT2D eigenvalue weighted by Gasteiger charge is -2.18. The van der Waals surface area contributed by atoms with Crippen LogP contribution in [0.5, 0.6) is 5.75 Å². The van der Waals surface area contributed by atoms with Gasteiger partial charge >= 0.3 is 5.97 Å². The average molecular weight is 329 g/mol. The van der Waals surface area contributed by atoms with Gasteiger partial charge in [0.2, 0.25) is 0 Å². The Balaban J connectivity index is 2.11. The molecule has 6 nitrogen and oxygen atoms in total. The van der Waals surface area contributed by atoms with Gasteiger partial charge in [0.15, 0.2) is 6.10 Å². The number of hydrogen-bond acceptors (Lipinski definition) is 4. The van der Waals surface area contributed by atoms with E-state index in [4.69, 9.17) is 4.74 Å². The Bertz CT molecular complexity index is 702. The fourth-order valence-electron chi connectivity index (χ4n) is 2.33. The van der Waals surface area contributed by atoms with Crippen molar-refractivity contribution in [3.63, 3.8) is 0 Å². The molecule has 0 saturated carbocycles. The van der Waals surface area contributed by atoms with Crippen LogP contribution in [0, 0.1) is 0 Å². The predicted molar refractivity (Wildman–Crippen MR) is 87.7 cm³/mol. The second-order valence-electron chi connectivity index (χ2n) is 5.23. The summed E-state index contributed by atoms with van der Waals surface area (Å²) in [5.74, 6) is -1.40. The summed E-state index contributed by atoms with van der Waals surface area (Å²) >= 11 is 0. The highest BCUT2D eigenvalue weighted by atomic mass is 16.5. The van der Waals surface area contributed by atoms with Crippen molar-refractivity contribution in [3.8, 4) is 5.75 Å². The molecule has 2 atom stereocenters. The first-order chi connectivity index (χ1) is 11.5. The number of nitrogens with one attached hydrogen (secondary N) is 1. The second kappa shape index (κ2) is 8.12. The molecule has 0 unspecified atom stereocenters. The Morgan fingerprint density at radius 2 is 1.71 bits per heavy atom. The van der Waals surface area contributed by atoms with Gasteiger partial charge in [0.25, 0.3) is 5.91 Å². The molecule has 0 aliphatic rings. The van der Waals surface area contributed by atoms with Gasteiger partial charge in [0, 0.05) is 6.42 Å². The lowest BCUT2D eigenvalue weighted by atomic mass is 10.0. The number of aliphatic hydroxyl groups is 1. The molecule has 0 aliphatic carbocycles. The van der Waals surface area contributed by atoms with Crippen molar-refractivity contribution in [3.05, 3.63) is 65.7 Å². The Kier molecular flexibility index (Phi) is 5.92. The predicted octanol–water partition coefficient (Wildman–Crippen LogP) is 1.54. The first kappa shape index (κ1) is 17.5. The summed E-state index contributed by atoms with van der Waals surface area (Å²) < 4.78 is 5.19. The number of methoxy groups -OCH3 is 1. The van der Waals surface area contributed by atoms with Gasteiger partial charge in [0.05, 0.1) is 7.11 Å². The van der Waals surface area contributed by atoms with Crippen molar-refractivity contribution in [1.82, 2.24) is 5.32 Å². The zero-order valence-corrected chi connectivity index (χ0v) is 13.2. The van der Waals surface area contributed by atoms with Crippen LogP contribution >= 0.6 is 0 Å². The van der Waals surface area contributed by atoms with Crippen LogP contribution in [-0.4, -0.2) is 35.2 Å². The van der Waals surface area contributed by atoms with Crippen LogP contribution in [0.4, 0.5) is 0 Å². The van der Waals surface area contributed by atoms with Crippen molar-refractivity contribution in [2.45, 2.75) is 18.6 Å². The van der Waals surface area contributed by atoms with Crippen molar-refractivity contribution in [2.24, 2.45) is 0 Å². The number of ether oxygens (including phenoxy) is 1. The van der Waals surface area contributed by atoms with Crippen LogP contribution in [0.1, 0.15) is 17.2 Å². The number of carboxylic acids is 1. The Labute approximate surface area is 139 Å². The summed E-state index contributed by atoms with van der Waals surface area (Å²) in [7, 11) is 1.49. The molecular formula is C18H19NO5. The van der Waals surface area contributed by atoms with E-state index in [0.717, 1.165) is 0 Å². The van der Waals surface area contributed by atoms with Gasteiger partial charge in [0.1, 0.15) is 11.8 Å². The molecule has 0 heterocycles. The molecule has 0 radical (unpaired) electrons. The number of benzene rings is 2. The summed E-state index contributed by atoms with van der Waals surface area (Å²) in [5.41, 5.74) is 1.05. The third-order valence-corrected chi connectivity index (χ3v) is 3.59. The van der Waals surface area contributed by atoms with Crippen LogP contribution in [0.3, 0.4) is 0 Å². The maximum Gasteiger partial charge on any atom is 0.326 e. The van der Waals surface area contributed by atoms with Gasteiger partial charge in [-0.15, -0.1) is 0 Å². The number of carbonyl (C=O) groups excluding carboxylic acids is 1. The van der Waals surface area contributed by atoms with Crippen LogP contribution in [0.25, 0.3) is 0 Å². The number of aliphatic carboxylic acids is 1. The number of hydrogen-bond donors (Lipinski definition) is 3. The zero-order chi connectivity index (χ0) is 17.5. The van der Waals surface area contributed by atoms with Crippen LogP contribution in [0.15, 0.2) is 54.6 Å². The van der Waals surface area contributed by atoms with Gasteiger partial charge in [-0.3, -0.25) is 4.79 Å². The standard InChI is InChI=1S/C18H19NO5/c1-24-15-10-6-5-9-13(15)11-14(18(22)23)19-17(21)16(20)12-7-3-2-4-8-12/h2-10,14,16,20H,11H2,1H3,(H,19,21)(H,22,23)/t14-,16-/m0/s1. The fraction of sp³-hybridized carbons (Fsp3) is 0.222. The van der Waals surface area contributed by atoms with Gasteiger partial charge < -0.3 is 20.3 Å². The minimum absolute atomic E-state index is 0.0482. The number of aliphatic hydroxyl groups excluding tert-OH is 1. The molecular weight excluding hydrogens is 310 g/mol. The molecule has 126 valence electrons. The highest BCUT2D eigenvalue weighted by Gasteiger charge is 2.26. The van der Waals surface area contributed by atoms with Gasteiger partial charge in [-0.2, -0.15) is 0 Å². The molecule has 24 heavy (non-hydrogen) atoms. The van der Waals surface area contributed by atoms with E-state index < -0.39 is 24.0 Å². The van der Waals surface area contributed by atoms with Gasteiger partial charge in [-0.1, -0.05) is 48.5 Å². The number of carbonyl (C=O) groups is 2. The minimum Gasteiger partial charge on any atom is -0.496 e. The number of rotatable bonds is 7. The highest BCUT2D eigenvalue weighted by molar-refractivity contribution is 5.87. The quantitative estimate of drug-likeness (QED) is 0.716. The van der Waals surface area contributed by atoms with Crippen LogP contribution < -0.4 is 10.1 Å². The monoisotopic (exact) mass is 329 g/mol. The maximum atomic E-state index is 12.1. The molecule has 2 rings (SSSR count). The summed E-state index contributed by atoms with van der Waals surface area (Å²) in [5, 5.41) is 21.8. The highest BCUT2D eigenvalue weighted by Crippen LogP contribution is 2.19. The minimum atomic E-state index is -1.43. The largest absolute Gasteiger partial charge is 0.496 e. The van der Waals surface area contributed by atoms with Crippen molar-refractivity contribution in [1.29, 1.82) is 0 Å². The van der Waals surface area contributed by atoms with Crippen LogP contribution in [-0.2, 0) is 16.0 Å². The van der Waals surface area contributed by atoms with E-state index in [2.05, 4.69) is 5.32 Å². The molecule has 3 N–H and O–H groups in total. The number of carboxylic acid groups (broad SMARTS) is 1. The molecule has 0 aromatic heterocycles. The number of para-hydroxylation sites is 1. The van der Waals surface area contributed by atoms with Gasteiger partial charge in [-0.05, 0) is 17.2 Å². The Hall–Kier alpha value is -2.86. The first-order valence-electron chi connectivity index (χ1n) is 7.41. The van der Waals surface area contributed by atoms with E-state index in [1.807, 2.05) is 0 Å². The molecule has 6 heteroatoms. The molecule has 0 saturated heterocycles. The third-order valence-electron chi connectivity index (χ3n) is 3.59. The molecule has 0 bridgehead atoms. The topological polar surface area (TPSA) is 95.9 Å².